The van der Waals surface area contributed by atoms with Crippen molar-refractivity contribution in [2.75, 3.05) is 5.32 Å². The van der Waals surface area contributed by atoms with Crippen molar-refractivity contribution in [3.8, 4) is 11.4 Å². The molecule has 3 aromatic heterocycles. The summed E-state index contributed by atoms with van der Waals surface area (Å²) in [5.74, 6) is 1.24. The summed E-state index contributed by atoms with van der Waals surface area (Å²) in [7, 11) is 0. The van der Waals surface area contributed by atoms with Crippen LogP contribution in [0.25, 0.3) is 11.4 Å². The molecule has 0 fully saturated rings. The van der Waals surface area contributed by atoms with Gasteiger partial charge in [-0.2, -0.15) is 5.10 Å². The zero-order chi connectivity index (χ0) is 18.6. The van der Waals surface area contributed by atoms with E-state index in [9.17, 15) is 4.79 Å². The van der Waals surface area contributed by atoms with Gasteiger partial charge in [-0.1, -0.05) is 12.1 Å². The molecular formula is C19H19N7O. The standard InChI is InChI=1S/C19H19N7O/c1-13-22-18(25-24-13)14-5-4-6-15(9-14)23-19(27)17(26-7-2-3-8-26)10-16-11-20-12-21-16/h2-9,11-12,17H,10H2,1H3,(H,20,21)(H,23,27)(H,22,24,25). The van der Waals surface area contributed by atoms with Crippen molar-refractivity contribution in [2.45, 2.75) is 19.4 Å². The van der Waals surface area contributed by atoms with Crippen LogP contribution in [0.1, 0.15) is 17.6 Å². The SMILES string of the molecule is Cc1nc(-c2cccc(NC(=O)C(Cc3cnc[nH]3)n3cccc3)c2)n[nH]1. The zero-order valence-corrected chi connectivity index (χ0v) is 14.8. The van der Waals surface area contributed by atoms with E-state index in [0.717, 1.165) is 17.1 Å². The van der Waals surface area contributed by atoms with Crippen LogP contribution < -0.4 is 5.32 Å². The molecule has 0 radical (unpaired) electrons. The van der Waals surface area contributed by atoms with Gasteiger partial charge < -0.3 is 14.9 Å². The highest BCUT2D eigenvalue weighted by atomic mass is 16.2. The molecule has 1 aromatic carbocycles. The molecule has 3 N–H and O–H groups in total. The van der Waals surface area contributed by atoms with E-state index in [4.69, 9.17) is 0 Å². The van der Waals surface area contributed by atoms with Crippen molar-refractivity contribution in [2.24, 2.45) is 0 Å². The summed E-state index contributed by atoms with van der Waals surface area (Å²) in [5.41, 5.74) is 2.43. The van der Waals surface area contributed by atoms with E-state index in [1.165, 1.54) is 0 Å². The van der Waals surface area contributed by atoms with Gasteiger partial charge in [-0.15, -0.1) is 0 Å². The maximum absolute atomic E-state index is 13.0. The minimum absolute atomic E-state index is 0.107. The maximum Gasteiger partial charge on any atom is 0.247 e. The topological polar surface area (TPSA) is 104 Å². The number of imidazole rings is 1. The number of carbonyl (C=O) groups is 1. The highest BCUT2D eigenvalue weighted by Crippen LogP contribution is 2.21. The minimum Gasteiger partial charge on any atom is -0.348 e. The van der Waals surface area contributed by atoms with Gasteiger partial charge in [0, 0.05) is 42.0 Å². The van der Waals surface area contributed by atoms with Crippen molar-refractivity contribution in [3.05, 3.63) is 72.8 Å². The normalized spacial score (nSPS) is 12.0. The van der Waals surface area contributed by atoms with Crippen LogP contribution in [0.4, 0.5) is 5.69 Å². The van der Waals surface area contributed by atoms with Crippen molar-refractivity contribution in [1.82, 2.24) is 29.7 Å². The summed E-state index contributed by atoms with van der Waals surface area (Å²) < 4.78 is 1.89. The van der Waals surface area contributed by atoms with Gasteiger partial charge in [-0.3, -0.25) is 9.89 Å². The number of nitrogens with zero attached hydrogens (tertiary/aromatic N) is 4. The van der Waals surface area contributed by atoms with Crippen LogP contribution in [0.5, 0.6) is 0 Å². The highest BCUT2D eigenvalue weighted by molar-refractivity contribution is 5.94. The van der Waals surface area contributed by atoms with Gasteiger partial charge in [-0.25, -0.2) is 9.97 Å². The molecule has 3 heterocycles. The van der Waals surface area contributed by atoms with E-state index in [0.29, 0.717) is 17.9 Å². The number of aryl methyl sites for hydroxylation is 1. The summed E-state index contributed by atoms with van der Waals surface area (Å²) in [5, 5.41) is 10.00. The second kappa shape index (κ2) is 7.28. The Hall–Kier alpha value is -3.68. The minimum atomic E-state index is -0.394. The maximum atomic E-state index is 13.0. The first kappa shape index (κ1) is 16.8. The molecule has 0 bridgehead atoms. The smallest absolute Gasteiger partial charge is 0.247 e. The van der Waals surface area contributed by atoms with Gasteiger partial charge in [0.1, 0.15) is 11.9 Å². The lowest BCUT2D eigenvalue weighted by molar-refractivity contribution is -0.119. The number of anilines is 1. The molecule has 0 saturated heterocycles. The molecule has 0 saturated carbocycles. The summed E-state index contributed by atoms with van der Waals surface area (Å²) in [4.78, 5) is 24.4. The van der Waals surface area contributed by atoms with Gasteiger partial charge in [0.25, 0.3) is 0 Å². The first-order chi connectivity index (χ1) is 13.2. The summed E-state index contributed by atoms with van der Waals surface area (Å²) in [6, 6.07) is 10.9. The number of amides is 1. The van der Waals surface area contributed by atoms with Gasteiger partial charge in [-0.05, 0) is 31.2 Å². The van der Waals surface area contributed by atoms with Crippen molar-refractivity contribution in [3.63, 3.8) is 0 Å². The Morgan fingerprint density at radius 3 is 2.81 bits per heavy atom. The Bertz CT molecular complexity index is 1020. The summed E-state index contributed by atoms with van der Waals surface area (Å²) in [6.45, 7) is 1.85. The van der Waals surface area contributed by atoms with Crippen LogP contribution in [0.15, 0.2) is 61.3 Å². The first-order valence-electron chi connectivity index (χ1n) is 8.59. The van der Waals surface area contributed by atoms with Gasteiger partial charge in [0.05, 0.1) is 6.33 Å². The molecule has 0 aliphatic carbocycles. The fourth-order valence-electron chi connectivity index (χ4n) is 2.93. The fraction of sp³-hybridized carbons (Fsp3) is 0.158. The lowest BCUT2D eigenvalue weighted by Gasteiger charge is -2.18. The fourth-order valence-corrected chi connectivity index (χ4v) is 2.93. The van der Waals surface area contributed by atoms with Gasteiger partial charge in [0.15, 0.2) is 5.82 Å². The number of H-pyrrole nitrogens is 2. The zero-order valence-electron chi connectivity index (χ0n) is 14.8. The lowest BCUT2D eigenvalue weighted by atomic mass is 10.1. The molecular weight excluding hydrogens is 342 g/mol. The summed E-state index contributed by atoms with van der Waals surface area (Å²) >= 11 is 0. The number of aromatic amines is 2. The molecule has 0 aliphatic heterocycles. The third kappa shape index (κ3) is 3.79. The van der Waals surface area contributed by atoms with Crippen molar-refractivity contribution in [1.29, 1.82) is 0 Å². The monoisotopic (exact) mass is 361 g/mol. The molecule has 0 spiro atoms. The van der Waals surface area contributed by atoms with Gasteiger partial charge in [0.2, 0.25) is 5.91 Å². The Labute approximate surface area is 155 Å². The number of aromatic nitrogens is 6. The second-order valence-corrected chi connectivity index (χ2v) is 6.24. The molecule has 27 heavy (non-hydrogen) atoms. The lowest BCUT2D eigenvalue weighted by Crippen LogP contribution is -2.27. The Morgan fingerprint density at radius 1 is 1.26 bits per heavy atom. The molecule has 8 heteroatoms. The van der Waals surface area contributed by atoms with Crippen molar-refractivity contribution >= 4 is 11.6 Å². The number of nitrogens with one attached hydrogen (secondary N) is 3. The van der Waals surface area contributed by atoms with E-state index in [1.807, 2.05) is 60.3 Å². The quantitative estimate of drug-likeness (QED) is 0.491. The molecule has 4 rings (SSSR count). The van der Waals surface area contributed by atoms with Crippen LogP contribution in [0.3, 0.4) is 0 Å². The largest absolute Gasteiger partial charge is 0.348 e. The number of carbonyl (C=O) groups excluding carboxylic acids is 1. The van der Waals surface area contributed by atoms with Crippen LogP contribution in [-0.2, 0) is 11.2 Å². The molecule has 1 amide bonds. The van der Waals surface area contributed by atoms with Gasteiger partial charge >= 0.3 is 0 Å². The number of hydrogen-bond acceptors (Lipinski definition) is 4. The van der Waals surface area contributed by atoms with Crippen LogP contribution in [0, 0.1) is 6.92 Å². The van der Waals surface area contributed by atoms with Crippen LogP contribution in [0.2, 0.25) is 0 Å². The molecule has 136 valence electrons. The number of hydrogen-bond donors (Lipinski definition) is 3. The van der Waals surface area contributed by atoms with E-state index in [2.05, 4.69) is 30.5 Å². The highest BCUT2D eigenvalue weighted by Gasteiger charge is 2.21. The number of benzene rings is 1. The van der Waals surface area contributed by atoms with Crippen LogP contribution >= 0.6 is 0 Å². The van der Waals surface area contributed by atoms with Crippen molar-refractivity contribution < 1.29 is 4.79 Å². The molecule has 0 aliphatic rings. The molecule has 1 unspecified atom stereocenters. The molecule has 8 nitrogen and oxygen atoms in total. The number of rotatable bonds is 6. The van der Waals surface area contributed by atoms with E-state index in [1.54, 1.807) is 12.5 Å². The van der Waals surface area contributed by atoms with E-state index < -0.39 is 6.04 Å². The predicted molar refractivity (Wildman–Crippen MR) is 101 cm³/mol. The van der Waals surface area contributed by atoms with E-state index >= 15 is 0 Å². The molecule has 4 aromatic rings. The third-order valence-corrected chi connectivity index (χ3v) is 4.24. The first-order valence-corrected chi connectivity index (χ1v) is 8.59. The predicted octanol–water partition coefficient (Wildman–Crippen LogP) is 2.73. The summed E-state index contributed by atoms with van der Waals surface area (Å²) in [6.07, 6.45) is 7.62. The average Bonchev–Trinajstić information content (AvgIpc) is 3.42. The average molecular weight is 361 g/mol. The Morgan fingerprint density at radius 2 is 2.11 bits per heavy atom. The Balaban J connectivity index is 1.56. The second-order valence-electron chi connectivity index (χ2n) is 6.24. The third-order valence-electron chi connectivity index (χ3n) is 4.24. The Kier molecular flexibility index (Phi) is 4.52. The van der Waals surface area contributed by atoms with Crippen LogP contribution in [-0.4, -0.2) is 35.6 Å². The van der Waals surface area contributed by atoms with E-state index in [-0.39, 0.29) is 5.91 Å². The molecule has 1 atom stereocenters.